The molecule has 2 aromatic carbocycles. The highest BCUT2D eigenvalue weighted by molar-refractivity contribution is 5.43. The predicted octanol–water partition coefficient (Wildman–Crippen LogP) is 2.66. The number of benzene rings is 2. The molecule has 2 N–H and O–H groups in total. The summed E-state index contributed by atoms with van der Waals surface area (Å²) in [7, 11) is 0. The van der Waals surface area contributed by atoms with Crippen LogP contribution in [0.2, 0.25) is 0 Å². The van der Waals surface area contributed by atoms with Crippen molar-refractivity contribution in [3.8, 4) is 0 Å². The standard InChI is InChI=1S/C14H15NO/c16-14(11-12-7-3-1-4-8-12)15-13-9-5-2-6-10-13/h1-10,14-16H,11H2. The molecular weight excluding hydrogens is 198 g/mol. The third-order valence-corrected chi connectivity index (χ3v) is 2.38. The highest BCUT2D eigenvalue weighted by Gasteiger charge is 2.03. The third-order valence-electron chi connectivity index (χ3n) is 2.38. The molecular formula is C14H15NO. The van der Waals surface area contributed by atoms with E-state index in [2.05, 4.69) is 5.32 Å². The Bertz CT molecular complexity index is 372. The van der Waals surface area contributed by atoms with Crippen molar-refractivity contribution >= 4 is 5.69 Å². The molecule has 0 spiro atoms. The first-order valence-corrected chi connectivity index (χ1v) is 5.38. The quantitative estimate of drug-likeness (QED) is 0.765. The van der Waals surface area contributed by atoms with Gasteiger partial charge in [-0.3, -0.25) is 0 Å². The Kier molecular flexibility index (Phi) is 3.57. The summed E-state index contributed by atoms with van der Waals surface area (Å²) < 4.78 is 0. The number of hydrogen-bond donors (Lipinski definition) is 2. The molecule has 0 aliphatic carbocycles. The first-order valence-electron chi connectivity index (χ1n) is 5.38. The maximum Gasteiger partial charge on any atom is 0.128 e. The van der Waals surface area contributed by atoms with Crippen molar-refractivity contribution in [3.05, 3.63) is 66.2 Å². The summed E-state index contributed by atoms with van der Waals surface area (Å²) in [4.78, 5) is 0. The number of anilines is 1. The van der Waals surface area contributed by atoms with E-state index >= 15 is 0 Å². The van der Waals surface area contributed by atoms with Gasteiger partial charge in [-0.05, 0) is 17.7 Å². The van der Waals surface area contributed by atoms with Crippen LogP contribution in [0.25, 0.3) is 0 Å². The molecule has 0 saturated carbocycles. The summed E-state index contributed by atoms with van der Waals surface area (Å²) in [5, 5.41) is 12.9. The van der Waals surface area contributed by atoms with E-state index in [1.165, 1.54) is 0 Å². The Hall–Kier alpha value is -1.80. The number of aliphatic hydroxyl groups excluding tert-OH is 1. The van der Waals surface area contributed by atoms with Gasteiger partial charge < -0.3 is 10.4 Å². The van der Waals surface area contributed by atoms with Gasteiger partial charge in [-0.2, -0.15) is 0 Å². The molecule has 0 radical (unpaired) electrons. The first kappa shape index (κ1) is 10.7. The van der Waals surface area contributed by atoms with E-state index in [4.69, 9.17) is 0 Å². The van der Waals surface area contributed by atoms with Gasteiger partial charge in [0.05, 0.1) is 0 Å². The second-order valence-electron chi connectivity index (χ2n) is 3.72. The zero-order chi connectivity index (χ0) is 11.2. The molecule has 0 aromatic heterocycles. The lowest BCUT2D eigenvalue weighted by Gasteiger charge is -2.13. The van der Waals surface area contributed by atoms with E-state index < -0.39 is 6.23 Å². The zero-order valence-corrected chi connectivity index (χ0v) is 9.01. The number of para-hydroxylation sites is 1. The minimum Gasteiger partial charge on any atom is -0.373 e. The number of aliphatic hydroxyl groups is 1. The average Bonchev–Trinajstić information content (AvgIpc) is 2.31. The van der Waals surface area contributed by atoms with E-state index in [1.807, 2.05) is 60.7 Å². The summed E-state index contributed by atoms with van der Waals surface area (Å²) >= 11 is 0. The van der Waals surface area contributed by atoms with Crippen LogP contribution in [-0.2, 0) is 6.42 Å². The van der Waals surface area contributed by atoms with Crippen molar-refractivity contribution in [3.63, 3.8) is 0 Å². The van der Waals surface area contributed by atoms with E-state index in [0.717, 1.165) is 11.3 Å². The molecule has 82 valence electrons. The fourth-order valence-electron chi connectivity index (χ4n) is 1.62. The average molecular weight is 213 g/mol. The fourth-order valence-corrected chi connectivity index (χ4v) is 1.62. The summed E-state index contributed by atoms with van der Waals surface area (Å²) in [6, 6.07) is 19.7. The highest BCUT2D eigenvalue weighted by atomic mass is 16.3. The van der Waals surface area contributed by atoms with Gasteiger partial charge in [-0.25, -0.2) is 0 Å². The maximum absolute atomic E-state index is 9.84. The number of rotatable bonds is 4. The molecule has 0 amide bonds. The van der Waals surface area contributed by atoms with Crippen molar-refractivity contribution in [2.24, 2.45) is 0 Å². The monoisotopic (exact) mass is 213 g/mol. The van der Waals surface area contributed by atoms with Crippen LogP contribution in [-0.4, -0.2) is 11.3 Å². The Balaban J connectivity index is 1.92. The molecule has 2 heteroatoms. The van der Waals surface area contributed by atoms with E-state index in [0.29, 0.717) is 6.42 Å². The summed E-state index contributed by atoms with van der Waals surface area (Å²) in [5.74, 6) is 0. The van der Waals surface area contributed by atoms with Crippen LogP contribution in [0, 0.1) is 0 Å². The minimum absolute atomic E-state index is 0.551. The Labute approximate surface area is 95.6 Å². The SMILES string of the molecule is OC(Cc1ccccc1)Nc1ccccc1. The topological polar surface area (TPSA) is 32.3 Å². The van der Waals surface area contributed by atoms with Gasteiger partial charge in [0.2, 0.25) is 0 Å². The van der Waals surface area contributed by atoms with E-state index in [9.17, 15) is 5.11 Å². The predicted molar refractivity (Wildman–Crippen MR) is 66.2 cm³/mol. The van der Waals surface area contributed by atoms with Crippen LogP contribution in [0.15, 0.2) is 60.7 Å². The fraction of sp³-hybridized carbons (Fsp3) is 0.143. The summed E-state index contributed by atoms with van der Waals surface area (Å²) in [5.41, 5.74) is 2.06. The normalized spacial score (nSPS) is 12.1. The molecule has 1 unspecified atom stereocenters. The Morgan fingerprint density at radius 3 is 2.06 bits per heavy atom. The molecule has 0 bridgehead atoms. The van der Waals surface area contributed by atoms with Crippen LogP contribution in [0.5, 0.6) is 0 Å². The molecule has 0 aliphatic heterocycles. The lowest BCUT2D eigenvalue weighted by molar-refractivity contribution is 0.204. The van der Waals surface area contributed by atoms with Crippen LogP contribution in [0.1, 0.15) is 5.56 Å². The molecule has 0 heterocycles. The van der Waals surface area contributed by atoms with Gasteiger partial charge in [0.15, 0.2) is 0 Å². The van der Waals surface area contributed by atoms with E-state index in [-0.39, 0.29) is 0 Å². The van der Waals surface area contributed by atoms with Gasteiger partial charge in [0.1, 0.15) is 6.23 Å². The van der Waals surface area contributed by atoms with Gasteiger partial charge in [0.25, 0.3) is 0 Å². The molecule has 2 aromatic rings. The van der Waals surface area contributed by atoms with E-state index in [1.54, 1.807) is 0 Å². The molecule has 2 nitrogen and oxygen atoms in total. The second kappa shape index (κ2) is 5.33. The summed E-state index contributed by atoms with van der Waals surface area (Å²) in [6.45, 7) is 0. The van der Waals surface area contributed by atoms with Gasteiger partial charge in [-0.1, -0.05) is 48.5 Å². The molecule has 0 aliphatic rings. The van der Waals surface area contributed by atoms with Gasteiger partial charge in [0, 0.05) is 12.1 Å². The third kappa shape index (κ3) is 3.11. The largest absolute Gasteiger partial charge is 0.373 e. The smallest absolute Gasteiger partial charge is 0.128 e. The van der Waals surface area contributed by atoms with Crippen LogP contribution in [0.3, 0.4) is 0 Å². The molecule has 2 rings (SSSR count). The number of nitrogens with one attached hydrogen (secondary N) is 1. The maximum atomic E-state index is 9.84. The first-order chi connectivity index (χ1) is 7.84. The summed E-state index contributed by atoms with van der Waals surface area (Å²) in [6.07, 6.45) is 0.0558. The van der Waals surface area contributed by atoms with Crippen molar-refractivity contribution in [2.45, 2.75) is 12.6 Å². The van der Waals surface area contributed by atoms with Crippen LogP contribution >= 0.6 is 0 Å². The molecule has 0 saturated heterocycles. The zero-order valence-electron chi connectivity index (χ0n) is 9.01. The van der Waals surface area contributed by atoms with Crippen molar-refractivity contribution in [1.82, 2.24) is 0 Å². The van der Waals surface area contributed by atoms with Gasteiger partial charge >= 0.3 is 0 Å². The molecule has 1 atom stereocenters. The Morgan fingerprint density at radius 1 is 0.875 bits per heavy atom. The Morgan fingerprint density at radius 2 is 1.44 bits per heavy atom. The van der Waals surface area contributed by atoms with Crippen molar-refractivity contribution in [2.75, 3.05) is 5.32 Å². The van der Waals surface area contributed by atoms with Crippen molar-refractivity contribution in [1.29, 1.82) is 0 Å². The lowest BCUT2D eigenvalue weighted by Crippen LogP contribution is -2.21. The van der Waals surface area contributed by atoms with Gasteiger partial charge in [-0.15, -0.1) is 0 Å². The highest BCUT2D eigenvalue weighted by Crippen LogP contribution is 2.09. The van der Waals surface area contributed by atoms with Crippen LogP contribution < -0.4 is 5.32 Å². The van der Waals surface area contributed by atoms with Crippen LogP contribution in [0.4, 0.5) is 5.69 Å². The molecule has 0 fully saturated rings. The lowest BCUT2D eigenvalue weighted by atomic mass is 10.1. The second-order valence-corrected chi connectivity index (χ2v) is 3.72. The van der Waals surface area contributed by atoms with Crippen molar-refractivity contribution < 1.29 is 5.11 Å². The minimum atomic E-state index is -0.551. The molecule has 16 heavy (non-hydrogen) atoms. The number of hydrogen-bond acceptors (Lipinski definition) is 2.